The molecule has 94 valence electrons. The van der Waals surface area contributed by atoms with Gasteiger partial charge in [0.2, 0.25) is 5.75 Å². The van der Waals surface area contributed by atoms with E-state index in [0.717, 1.165) is 0 Å². The smallest absolute Gasteiger partial charge is 0.340 e. The molecule has 0 saturated heterocycles. The van der Waals surface area contributed by atoms with E-state index >= 15 is 0 Å². The number of phenolic OH excluding ortho intramolecular Hbond substituents is 2. The molecule has 0 radical (unpaired) electrons. The first kappa shape index (κ1) is 12.0. The molecule has 0 aliphatic heterocycles. The number of aliphatic carboxylic acids is 1. The van der Waals surface area contributed by atoms with Crippen molar-refractivity contribution >= 4 is 16.9 Å². The monoisotopic (exact) mass is 250 g/mol. The first-order valence-electron chi connectivity index (χ1n) is 5.11. The number of benzene rings is 1. The first-order valence-corrected chi connectivity index (χ1v) is 5.11. The lowest BCUT2D eigenvalue weighted by Gasteiger charge is -2.07. The van der Waals surface area contributed by atoms with Crippen LogP contribution in [0.15, 0.2) is 21.3 Å². The van der Waals surface area contributed by atoms with Gasteiger partial charge in [-0.3, -0.25) is 4.79 Å². The maximum absolute atomic E-state index is 11.6. The molecular weight excluding hydrogens is 240 g/mol. The average Bonchev–Trinajstić information content (AvgIpc) is 2.29. The summed E-state index contributed by atoms with van der Waals surface area (Å²) in [6.07, 6.45) is -0.453. The van der Waals surface area contributed by atoms with Crippen LogP contribution < -0.4 is 5.63 Å². The normalized spacial score (nSPS) is 10.7. The number of rotatable bonds is 2. The molecule has 0 bridgehead atoms. The lowest BCUT2D eigenvalue weighted by molar-refractivity contribution is -0.136. The van der Waals surface area contributed by atoms with E-state index < -0.39 is 29.5 Å². The first-order chi connectivity index (χ1) is 8.41. The van der Waals surface area contributed by atoms with Crippen LogP contribution in [0.1, 0.15) is 11.1 Å². The molecule has 18 heavy (non-hydrogen) atoms. The predicted octanol–water partition coefficient (Wildman–Crippen LogP) is 1.14. The summed E-state index contributed by atoms with van der Waals surface area (Å²) in [6.45, 7) is 1.56. The fraction of sp³-hybridized carbons (Fsp3) is 0.167. The molecule has 0 saturated carbocycles. The van der Waals surface area contributed by atoms with Crippen LogP contribution >= 0.6 is 0 Å². The molecule has 1 heterocycles. The lowest BCUT2D eigenvalue weighted by Crippen LogP contribution is -2.14. The summed E-state index contributed by atoms with van der Waals surface area (Å²) in [5.74, 6) is -2.08. The van der Waals surface area contributed by atoms with Gasteiger partial charge in [-0.1, -0.05) is 0 Å². The van der Waals surface area contributed by atoms with Gasteiger partial charge in [0.15, 0.2) is 11.3 Å². The molecule has 6 heteroatoms. The molecular formula is C12H10O6. The topological polar surface area (TPSA) is 108 Å². The van der Waals surface area contributed by atoms with Gasteiger partial charge in [0.1, 0.15) is 0 Å². The Morgan fingerprint density at radius 3 is 2.61 bits per heavy atom. The van der Waals surface area contributed by atoms with Crippen LogP contribution in [0, 0.1) is 6.92 Å². The predicted molar refractivity (Wildman–Crippen MR) is 61.9 cm³/mol. The fourth-order valence-electron chi connectivity index (χ4n) is 1.79. The van der Waals surface area contributed by atoms with Crippen LogP contribution in [0.2, 0.25) is 0 Å². The second-order valence-electron chi connectivity index (χ2n) is 3.87. The summed E-state index contributed by atoms with van der Waals surface area (Å²) in [5, 5.41) is 28.0. The van der Waals surface area contributed by atoms with Gasteiger partial charge < -0.3 is 19.7 Å². The Morgan fingerprint density at radius 1 is 1.33 bits per heavy atom. The lowest BCUT2D eigenvalue weighted by atomic mass is 10.0. The number of carboxylic acids is 1. The van der Waals surface area contributed by atoms with Gasteiger partial charge in [0.05, 0.1) is 12.0 Å². The maximum Gasteiger partial charge on any atom is 0.340 e. The Kier molecular flexibility index (Phi) is 2.70. The summed E-state index contributed by atoms with van der Waals surface area (Å²) in [6, 6.07) is 2.70. The van der Waals surface area contributed by atoms with E-state index in [0.29, 0.717) is 10.9 Å². The largest absolute Gasteiger partial charge is 0.504 e. The number of carboxylic acid groups (broad SMARTS) is 1. The minimum atomic E-state index is -1.15. The fourth-order valence-corrected chi connectivity index (χ4v) is 1.79. The van der Waals surface area contributed by atoms with E-state index in [4.69, 9.17) is 9.52 Å². The quantitative estimate of drug-likeness (QED) is 0.544. The van der Waals surface area contributed by atoms with E-state index in [1.165, 1.54) is 12.1 Å². The molecule has 2 rings (SSSR count). The third-order valence-corrected chi connectivity index (χ3v) is 2.74. The molecule has 0 unspecified atom stereocenters. The molecule has 6 nitrogen and oxygen atoms in total. The van der Waals surface area contributed by atoms with Crippen LogP contribution in [0.25, 0.3) is 11.0 Å². The second kappa shape index (κ2) is 4.06. The molecule has 0 amide bonds. The minimum absolute atomic E-state index is 0.0279. The number of hydrogen-bond acceptors (Lipinski definition) is 5. The van der Waals surface area contributed by atoms with E-state index in [1.54, 1.807) is 6.92 Å². The van der Waals surface area contributed by atoms with Crippen molar-refractivity contribution in [2.24, 2.45) is 0 Å². The summed E-state index contributed by atoms with van der Waals surface area (Å²) in [7, 11) is 0. The molecule has 0 atom stereocenters. The standard InChI is InChI=1S/C12H10O6/c1-5-6-2-3-8(13)10(16)11(6)18-12(17)7(5)4-9(14)15/h2-3,13,16H,4H2,1H3,(H,14,15). The van der Waals surface area contributed by atoms with Crippen LogP contribution in [0.5, 0.6) is 11.5 Å². The van der Waals surface area contributed by atoms with Crippen LogP contribution in [0.3, 0.4) is 0 Å². The zero-order valence-electron chi connectivity index (χ0n) is 9.43. The van der Waals surface area contributed by atoms with Crippen molar-refractivity contribution in [3.8, 4) is 11.5 Å². The summed E-state index contributed by atoms with van der Waals surface area (Å²) < 4.78 is 4.86. The Morgan fingerprint density at radius 2 is 2.00 bits per heavy atom. The Balaban J connectivity index is 2.83. The van der Waals surface area contributed by atoms with Gasteiger partial charge in [0.25, 0.3) is 0 Å². The summed E-state index contributed by atoms with van der Waals surface area (Å²) in [5.41, 5.74) is -0.533. The number of carbonyl (C=O) groups is 1. The van der Waals surface area contributed by atoms with Crippen molar-refractivity contribution in [3.63, 3.8) is 0 Å². The summed E-state index contributed by atoms with van der Waals surface area (Å²) in [4.78, 5) is 22.3. The molecule has 0 spiro atoms. The van der Waals surface area contributed by atoms with E-state index in [-0.39, 0.29) is 11.1 Å². The van der Waals surface area contributed by atoms with E-state index in [1.807, 2.05) is 0 Å². The maximum atomic E-state index is 11.6. The highest BCUT2D eigenvalue weighted by atomic mass is 16.4. The zero-order chi connectivity index (χ0) is 13.4. The van der Waals surface area contributed by atoms with Crippen molar-refractivity contribution in [1.29, 1.82) is 0 Å². The van der Waals surface area contributed by atoms with E-state index in [2.05, 4.69) is 0 Å². The third-order valence-electron chi connectivity index (χ3n) is 2.74. The van der Waals surface area contributed by atoms with E-state index in [9.17, 15) is 19.8 Å². The summed E-state index contributed by atoms with van der Waals surface area (Å²) >= 11 is 0. The minimum Gasteiger partial charge on any atom is -0.504 e. The third kappa shape index (κ3) is 1.77. The SMILES string of the molecule is Cc1c(CC(=O)O)c(=O)oc2c(O)c(O)ccc12. The Labute approximate surface area is 101 Å². The molecule has 1 aromatic heterocycles. The van der Waals surface area contributed by atoms with Gasteiger partial charge in [0, 0.05) is 5.39 Å². The number of hydrogen-bond donors (Lipinski definition) is 3. The van der Waals surface area contributed by atoms with Crippen molar-refractivity contribution in [2.45, 2.75) is 13.3 Å². The highest BCUT2D eigenvalue weighted by Gasteiger charge is 2.17. The zero-order valence-corrected chi connectivity index (χ0v) is 9.43. The van der Waals surface area contributed by atoms with Gasteiger partial charge in [-0.05, 0) is 24.6 Å². The molecule has 0 fully saturated rings. The second-order valence-corrected chi connectivity index (χ2v) is 3.87. The molecule has 0 aliphatic carbocycles. The van der Waals surface area contributed by atoms with Gasteiger partial charge in [-0.2, -0.15) is 0 Å². The highest BCUT2D eigenvalue weighted by Crippen LogP contribution is 2.34. The van der Waals surface area contributed by atoms with Crippen LogP contribution in [-0.2, 0) is 11.2 Å². The Bertz CT molecular complexity index is 698. The van der Waals surface area contributed by atoms with Crippen LogP contribution in [-0.4, -0.2) is 21.3 Å². The molecule has 3 N–H and O–H groups in total. The van der Waals surface area contributed by atoms with Crippen LogP contribution in [0.4, 0.5) is 0 Å². The van der Waals surface area contributed by atoms with Gasteiger partial charge in [-0.15, -0.1) is 0 Å². The molecule has 1 aromatic carbocycles. The van der Waals surface area contributed by atoms with Crippen molar-refractivity contribution in [3.05, 3.63) is 33.7 Å². The van der Waals surface area contributed by atoms with Gasteiger partial charge >= 0.3 is 11.6 Å². The van der Waals surface area contributed by atoms with Gasteiger partial charge in [-0.25, -0.2) is 4.79 Å². The Hall–Kier alpha value is -2.50. The molecule has 2 aromatic rings. The number of fused-ring (bicyclic) bond motifs is 1. The number of aromatic hydroxyl groups is 2. The van der Waals surface area contributed by atoms with Crippen molar-refractivity contribution in [1.82, 2.24) is 0 Å². The molecule has 0 aliphatic rings. The number of aryl methyl sites for hydroxylation is 1. The number of phenols is 2. The van der Waals surface area contributed by atoms with Crippen molar-refractivity contribution < 1.29 is 24.5 Å². The van der Waals surface area contributed by atoms with Crippen molar-refractivity contribution in [2.75, 3.05) is 0 Å². The highest BCUT2D eigenvalue weighted by molar-refractivity contribution is 5.88. The average molecular weight is 250 g/mol.